The van der Waals surface area contributed by atoms with Crippen LogP contribution >= 0.6 is 0 Å². The molecule has 8 rings (SSSR count). The molecule has 0 heteroatoms. The van der Waals surface area contributed by atoms with E-state index in [2.05, 4.69) is 171 Å². The van der Waals surface area contributed by atoms with Crippen LogP contribution in [-0.2, 0) is 5.41 Å². The number of aryl methyl sites for hydroxylation is 1. The molecule has 0 heterocycles. The highest BCUT2D eigenvalue weighted by molar-refractivity contribution is 6.07. The SMILES string of the molecule is Cc1cccc(-c2c(-c3cccc4c3-c3ccccc3C4(c3ccccc3)c3ccccc3)ccc3ccccc23)c1. The summed E-state index contributed by atoms with van der Waals surface area (Å²) in [7, 11) is 0. The fourth-order valence-electron chi connectivity index (χ4n) is 7.33. The molecule has 0 N–H and O–H groups in total. The third-order valence-corrected chi connectivity index (χ3v) is 9.01. The molecule has 7 aromatic carbocycles. The first-order valence-corrected chi connectivity index (χ1v) is 14.7. The number of rotatable bonds is 4. The van der Waals surface area contributed by atoms with E-state index >= 15 is 0 Å². The van der Waals surface area contributed by atoms with Crippen LogP contribution in [0.3, 0.4) is 0 Å². The van der Waals surface area contributed by atoms with E-state index in [0.717, 1.165) is 0 Å². The lowest BCUT2D eigenvalue weighted by Gasteiger charge is -2.34. The molecule has 7 aromatic rings. The lowest BCUT2D eigenvalue weighted by Crippen LogP contribution is -2.28. The summed E-state index contributed by atoms with van der Waals surface area (Å²) < 4.78 is 0. The van der Waals surface area contributed by atoms with Gasteiger partial charge in [-0.15, -0.1) is 0 Å². The van der Waals surface area contributed by atoms with E-state index in [4.69, 9.17) is 0 Å². The predicted molar refractivity (Wildman–Crippen MR) is 177 cm³/mol. The first-order valence-electron chi connectivity index (χ1n) is 14.7. The van der Waals surface area contributed by atoms with Crippen LogP contribution in [0, 0.1) is 6.92 Å². The molecule has 0 aromatic heterocycles. The Kier molecular flexibility index (Phi) is 5.69. The van der Waals surface area contributed by atoms with Crippen molar-refractivity contribution in [1.82, 2.24) is 0 Å². The molecule has 1 aliphatic carbocycles. The monoisotopic (exact) mass is 534 g/mol. The normalized spacial score (nSPS) is 13.1. The summed E-state index contributed by atoms with van der Waals surface area (Å²) in [5.41, 5.74) is 13.8. The van der Waals surface area contributed by atoms with Gasteiger partial charge in [-0.3, -0.25) is 0 Å². The van der Waals surface area contributed by atoms with Gasteiger partial charge in [-0.05, 0) is 73.3 Å². The van der Waals surface area contributed by atoms with Crippen LogP contribution in [0.5, 0.6) is 0 Å². The molecule has 42 heavy (non-hydrogen) atoms. The quantitative estimate of drug-likeness (QED) is 0.211. The number of fused-ring (bicyclic) bond motifs is 4. The summed E-state index contributed by atoms with van der Waals surface area (Å²) in [6, 6.07) is 60.4. The molecule has 0 amide bonds. The standard InChI is InChI=1S/C42H30/c1-29-14-12-16-31(28-29)40-34-21-9-8-15-30(34)26-27-36(40)35-23-13-25-39-41(35)37-22-10-11-24-38(37)42(39,32-17-4-2-5-18-32)33-19-6-3-7-20-33/h2-28H,1H3. The second-order valence-electron chi connectivity index (χ2n) is 11.3. The lowest BCUT2D eigenvalue weighted by molar-refractivity contribution is 0.768. The van der Waals surface area contributed by atoms with Crippen LogP contribution in [-0.4, -0.2) is 0 Å². The Morgan fingerprint density at radius 3 is 1.76 bits per heavy atom. The first-order chi connectivity index (χ1) is 20.8. The van der Waals surface area contributed by atoms with Gasteiger partial charge in [0.15, 0.2) is 0 Å². The molecule has 0 fully saturated rings. The number of hydrogen-bond donors (Lipinski definition) is 0. The average Bonchev–Trinajstić information content (AvgIpc) is 3.36. The molecule has 0 bridgehead atoms. The highest BCUT2D eigenvalue weighted by Crippen LogP contribution is 2.58. The second-order valence-corrected chi connectivity index (χ2v) is 11.3. The van der Waals surface area contributed by atoms with Gasteiger partial charge in [0.05, 0.1) is 5.41 Å². The fraction of sp³-hybridized carbons (Fsp3) is 0.0476. The molecule has 0 spiro atoms. The van der Waals surface area contributed by atoms with E-state index in [-0.39, 0.29) is 0 Å². The van der Waals surface area contributed by atoms with Crippen molar-refractivity contribution in [3.8, 4) is 33.4 Å². The molecule has 0 radical (unpaired) electrons. The maximum Gasteiger partial charge on any atom is 0.0713 e. The van der Waals surface area contributed by atoms with Crippen molar-refractivity contribution in [2.45, 2.75) is 12.3 Å². The zero-order chi connectivity index (χ0) is 28.1. The molecule has 0 aliphatic heterocycles. The van der Waals surface area contributed by atoms with Crippen molar-refractivity contribution in [1.29, 1.82) is 0 Å². The van der Waals surface area contributed by atoms with Crippen molar-refractivity contribution in [3.63, 3.8) is 0 Å². The van der Waals surface area contributed by atoms with E-state index < -0.39 is 5.41 Å². The van der Waals surface area contributed by atoms with Gasteiger partial charge in [-0.25, -0.2) is 0 Å². The van der Waals surface area contributed by atoms with E-state index in [0.29, 0.717) is 0 Å². The van der Waals surface area contributed by atoms with Crippen LogP contribution in [0.4, 0.5) is 0 Å². The summed E-state index contributed by atoms with van der Waals surface area (Å²) >= 11 is 0. The fourth-order valence-corrected chi connectivity index (χ4v) is 7.33. The lowest BCUT2D eigenvalue weighted by atomic mass is 9.67. The minimum atomic E-state index is -0.412. The Morgan fingerprint density at radius 1 is 0.405 bits per heavy atom. The van der Waals surface area contributed by atoms with Crippen molar-refractivity contribution < 1.29 is 0 Å². The molecule has 1 aliphatic rings. The Morgan fingerprint density at radius 2 is 1.00 bits per heavy atom. The Bertz CT molecular complexity index is 2040. The maximum atomic E-state index is 2.35. The van der Waals surface area contributed by atoms with Gasteiger partial charge in [0.25, 0.3) is 0 Å². The molecular formula is C42H30. The van der Waals surface area contributed by atoms with E-state index in [9.17, 15) is 0 Å². The van der Waals surface area contributed by atoms with Crippen LogP contribution < -0.4 is 0 Å². The van der Waals surface area contributed by atoms with Gasteiger partial charge >= 0.3 is 0 Å². The third-order valence-electron chi connectivity index (χ3n) is 9.01. The molecule has 0 nitrogen and oxygen atoms in total. The minimum absolute atomic E-state index is 0.412. The van der Waals surface area contributed by atoms with Gasteiger partial charge < -0.3 is 0 Å². The molecule has 0 saturated heterocycles. The second kappa shape index (κ2) is 9.72. The maximum absolute atomic E-state index is 2.35. The molecular weight excluding hydrogens is 504 g/mol. The summed E-state index contributed by atoms with van der Waals surface area (Å²) in [5, 5.41) is 2.54. The summed E-state index contributed by atoms with van der Waals surface area (Å²) in [5.74, 6) is 0. The van der Waals surface area contributed by atoms with Gasteiger partial charge in [0.2, 0.25) is 0 Å². The Balaban J connectivity index is 1.52. The van der Waals surface area contributed by atoms with E-state index in [1.807, 2.05) is 0 Å². The molecule has 0 atom stereocenters. The van der Waals surface area contributed by atoms with Gasteiger partial charge in [0.1, 0.15) is 0 Å². The van der Waals surface area contributed by atoms with Crippen LogP contribution in [0.1, 0.15) is 27.8 Å². The third kappa shape index (κ3) is 3.55. The van der Waals surface area contributed by atoms with Crippen molar-refractivity contribution in [2.24, 2.45) is 0 Å². The highest BCUT2D eigenvalue weighted by Gasteiger charge is 2.46. The topological polar surface area (TPSA) is 0 Å². The van der Waals surface area contributed by atoms with Crippen molar-refractivity contribution in [3.05, 3.63) is 192 Å². The minimum Gasteiger partial charge on any atom is -0.0622 e. The van der Waals surface area contributed by atoms with Crippen LogP contribution in [0.25, 0.3) is 44.2 Å². The zero-order valence-electron chi connectivity index (χ0n) is 23.6. The average molecular weight is 535 g/mol. The summed E-state index contributed by atoms with van der Waals surface area (Å²) in [6.45, 7) is 2.18. The van der Waals surface area contributed by atoms with Crippen molar-refractivity contribution >= 4 is 10.8 Å². The number of benzene rings is 7. The van der Waals surface area contributed by atoms with Gasteiger partial charge in [0, 0.05) is 0 Å². The van der Waals surface area contributed by atoms with Gasteiger partial charge in [-0.2, -0.15) is 0 Å². The Hall–Kier alpha value is -5.20. The molecule has 198 valence electrons. The zero-order valence-corrected chi connectivity index (χ0v) is 23.6. The smallest absolute Gasteiger partial charge is 0.0622 e. The summed E-state index contributed by atoms with van der Waals surface area (Å²) in [4.78, 5) is 0. The van der Waals surface area contributed by atoms with E-state index in [1.54, 1.807) is 0 Å². The highest BCUT2D eigenvalue weighted by atomic mass is 14.5. The van der Waals surface area contributed by atoms with Gasteiger partial charge in [-0.1, -0.05) is 169 Å². The first kappa shape index (κ1) is 24.6. The Labute approximate surface area is 247 Å². The van der Waals surface area contributed by atoms with Crippen LogP contribution in [0.15, 0.2) is 164 Å². The van der Waals surface area contributed by atoms with E-state index in [1.165, 1.54) is 72.0 Å². The number of hydrogen-bond acceptors (Lipinski definition) is 0. The van der Waals surface area contributed by atoms with Crippen molar-refractivity contribution in [2.75, 3.05) is 0 Å². The molecule has 0 unspecified atom stereocenters. The largest absolute Gasteiger partial charge is 0.0713 e. The van der Waals surface area contributed by atoms with Crippen LogP contribution in [0.2, 0.25) is 0 Å². The predicted octanol–water partition coefficient (Wildman–Crippen LogP) is 10.8. The summed E-state index contributed by atoms with van der Waals surface area (Å²) in [6.07, 6.45) is 0. The molecule has 0 saturated carbocycles.